The van der Waals surface area contributed by atoms with Gasteiger partial charge in [-0.25, -0.2) is 9.59 Å². The highest BCUT2D eigenvalue weighted by molar-refractivity contribution is 5.96. The number of carboxylic acids is 1. The summed E-state index contributed by atoms with van der Waals surface area (Å²) in [6, 6.07) is -1.37. The summed E-state index contributed by atoms with van der Waals surface area (Å²) in [5, 5.41) is 10.9. The molecule has 0 fully saturated rings. The number of nitrogens with two attached hydrogens (primary N) is 1. The van der Waals surface area contributed by atoms with Crippen LogP contribution in [0.1, 0.15) is 23.2 Å². The number of rotatable bonds is 6. The molecule has 1 heterocycles. The number of primary amides is 1. The van der Waals surface area contributed by atoms with Crippen molar-refractivity contribution in [2.24, 2.45) is 5.73 Å². The zero-order valence-corrected chi connectivity index (χ0v) is 10.1. The Hall–Kier alpha value is -2.91. The van der Waals surface area contributed by atoms with Crippen LogP contribution >= 0.6 is 0 Å². The van der Waals surface area contributed by atoms with Gasteiger partial charge in [-0.3, -0.25) is 19.4 Å². The fraction of sp³-hybridized carbons (Fsp3) is 0.300. The van der Waals surface area contributed by atoms with Gasteiger partial charge in [-0.05, 0) is 6.42 Å². The molecule has 10 heteroatoms. The van der Waals surface area contributed by atoms with E-state index in [1.165, 1.54) is 0 Å². The Morgan fingerprint density at radius 1 is 1.35 bits per heavy atom. The molecule has 0 saturated carbocycles. The number of aromatic amines is 2. The Balaban J connectivity index is 2.85. The monoisotopic (exact) mass is 284 g/mol. The highest BCUT2D eigenvalue weighted by Gasteiger charge is 2.22. The summed E-state index contributed by atoms with van der Waals surface area (Å²) in [4.78, 5) is 59.2. The van der Waals surface area contributed by atoms with Crippen molar-refractivity contribution in [3.8, 4) is 0 Å². The van der Waals surface area contributed by atoms with Crippen molar-refractivity contribution in [2.45, 2.75) is 18.9 Å². The van der Waals surface area contributed by atoms with Crippen molar-refractivity contribution >= 4 is 17.8 Å². The van der Waals surface area contributed by atoms with Crippen molar-refractivity contribution in [1.82, 2.24) is 15.3 Å². The molecule has 0 aliphatic rings. The predicted molar refractivity (Wildman–Crippen MR) is 65.0 cm³/mol. The van der Waals surface area contributed by atoms with Gasteiger partial charge >= 0.3 is 11.7 Å². The first kappa shape index (κ1) is 15.1. The maximum Gasteiger partial charge on any atom is 0.326 e. The van der Waals surface area contributed by atoms with Gasteiger partial charge in [0.1, 0.15) is 11.6 Å². The van der Waals surface area contributed by atoms with E-state index in [0.29, 0.717) is 0 Å². The normalized spacial score (nSPS) is 11.6. The molecule has 0 radical (unpaired) electrons. The van der Waals surface area contributed by atoms with Crippen LogP contribution in [-0.2, 0) is 9.59 Å². The van der Waals surface area contributed by atoms with Crippen LogP contribution in [0.3, 0.4) is 0 Å². The average Bonchev–Trinajstić information content (AvgIpc) is 2.33. The van der Waals surface area contributed by atoms with Crippen molar-refractivity contribution in [2.75, 3.05) is 0 Å². The molecule has 6 N–H and O–H groups in total. The maximum atomic E-state index is 11.7. The van der Waals surface area contributed by atoms with Crippen LogP contribution in [0.15, 0.2) is 15.8 Å². The molecule has 1 atom stereocenters. The van der Waals surface area contributed by atoms with Crippen LogP contribution in [0, 0.1) is 0 Å². The quantitative estimate of drug-likeness (QED) is 0.386. The molecule has 1 unspecified atom stereocenters. The lowest BCUT2D eigenvalue weighted by Gasteiger charge is -2.13. The number of hydrogen-bond donors (Lipinski definition) is 5. The summed E-state index contributed by atoms with van der Waals surface area (Å²) in [6.45, 7) is 0. The third kappa shape index (κ3) is 4.08. The molecule has 0 spiro atoms. The molecule has 20 heavy (non-hydrogen) atoms. The van der Waals surface area contributed by atoms with E-state index in [-0.39, 0.29) is 12.8 Å². The van der Waals surface area contributed by atoms with Gasteiger partial charge in [0, 0.05) is 12.6 Å². The average molecular weight is 284 g/mol. The van der Waals surface area contributed by atoms with Crippen LogP contribution in [0.4, 0.5) is 0 Å². The van der Waals surface area contributed by atoms with Gasteiger partial charge in [-0.2, -0.15) is 0 Å². The van der Waals surface area contributed by atoms with Gasteiger partial charge in [0.2, 0.25) is 5.91 Å². The van der Waals surface area contributed by atoms with E-state index in [2.05, 4.69) is 10.3 Å². The minimum atomic E-state index is -1.37. The van der Waals surface area contributed by atoms with E-state index in [4.69, 9.17) is 10.8 Å². The summed E-state index contributed by atoms with van der Waals surface area (Å²) in [5.41, 5.74) is 2.69. The number of H-pyrrole nitrogens is 2. The topological polar surface area (TPSA) is 175 Å². The lowest BCUT2D eigenvalue weighted by atomic mass is 10.1. The Morgan fingerprint density at radius 3 is 2.50 bits per heavy atom. The lowest BCUT2D eigenvalue weighted by molar-refractivity contribution is -0.139. The molecule has 2 amide bonds. The molecule has 10 nitrogen and oxygen atoms in total. The van der Waals surface area contributed by atoms with E-state index in [0.717, 1.165) is 6.20 Å². The molecule has 0 aliphatic heterocycles. The van der Waals surface area contributed by atoms with Crippen LogP contribution in [0.2, 0.25) is 0 Å². The zero-order chi connectivity index (χ0) is 15.3. The standard InChI is InChI=1S/C10H12N4O6/c11-6(15)2-1-5(9(18)19)13-7(16)4-3-12-10(20)14-8(4)17/h3,5H,1-2H2,(H2,11,15)(H,13,16)(H,18,19)(H2,12,14,17,20). The number of hydrogen-bond acceptors (Lipinski definition) is 5. The number of aliphatic carboxylic acids is 1. The molecule has 1 rings (SSSR count). The van der Waals surface area contributed by atoms with Gasteiger partial charge in [0.25, 0.3) is 11.5 Å². The SMILES string of the molecule is NC(=O)CCC(NC(=O)c1c[nH]c(=O)[nH]c1=O)C(=O)O. The first-order valence-corrected chi connectivity index (χ1v) is 5.45. The van der Waals surface area contributed by atoms with Crippen molar-refractivity contribution in [1.29, 1.82) is 0 Å². The van der Waals surface area contributed by atoms with Gasteiger partial charge in [0.05, 0.1) is 0 Å². The van der Waals surface area contributed by atoms with E-state index in [1.54, 1.807) is 0 Å². The predicted octanol–water partition coefficient (Wildman–Crippen LogP) is -2.49. The Kier molecular flexibility index (Phi) is 4.78. The third-order valence-electron chi connectivity index (χ3n) is 2.35. The second-order valence-electron chi connectivity index (χ2n) is 3.85. The molecular weight excluding hydrogens is 272 g/mol. The molecule has 1 aromatic rings. The highest BCUT2D eigenvalue weighted by atomic mass is 16.4. The van der Waals surface area contributed by atoms with Gasteiger partial charge in [-0.15, -0.1) is 0 Å². The Morgan fingerprint density at radius 2 is 2.00 bits per heavy atom. The minimum Gasteiger partial charge on any atom is -0.480 e. The number of amides is 2. The van der Waals surface area contributed by atoms with Crippen molar-refractivity contribution < 1.29 is 19.5 Å². The number of carbonyl (C=O) groups is 3. The van der Waals surface area contributed by atoms with Crippen LogP contribution in [0.25, 0.3) is 0 Å². The highest BCUT2D eigenvalue weighted by Crippen LogP contribution is 1.99. The van der Waals surface area contributed by atoms with Crippen LogP contribution < -0.4 is 22.3 Å². The van der Waals surface area contributed by atoms with Crippen LogP contribution in [-0.4, -0.2) is 38.9 Å². The largest absolute Gasteiger partial charge is 0.480 e. The number of carboxylic acid groups (broad SMARTS) is 1. The minimum absolute atomic E-state index is 0.211. The molecule has 0 aromatic carbocycles. The maximum absolute atomic E-state index is 11.7. The molecule has 1 aromatic heterocycles. The van der Waals surface area contributed by atoms with Gasteiger partial charge < -0.3 is 21.1 Å². The number of aromatic nitrogens is 2. The summed E-state index contributed by atoms with van der Waals surface area (Å²) in [5.74, 6) is -3.08. The smallest absolute Gasteiger partial charge is 0.326 e. The molecule has 108 valence electrons. The third-order valence-corrected chi connectivity index (χ3v) is 2.35. The summed E-state index contributed by atoms with van der Waals surface area (Å²) in [6.07, 6.45) is 0.417. The van der Waals surface area contributed by atoms with E-state index >= 15 is 0 Å². The second kappa shape index (κ2) is 6.31. The number of carbonyl (C=O) groups excluding carboxylic acids is 2. The van der Waals surface area contributed by atoms with Crippen molar-refractivity contribution in [3.05, 3.63) is 32.6 Å². The van der Waals surface area contributed by atoms with Crippen molar-refractivity contribution in [3.63, 3.8) is 0 Å². The van der Waals surface area contributed by atoms with Gasteiger partial charge in [0.15, 0.2) is 0 Å². The summed E-state index contributed by atoms with van der Waals surface area (Å²) >= 11 is 0. The first-order chi connectivity index (χ1) is 9.31. The molecular formula is C10H12N4O6. The number of nitrogens with one attached hydrogen (secondary N) is 3. The van der Waals surface area contributed by atoms with Crippen LogP contribution in [0.5, 0.6) is 0 Å². The van der Waals surface area contributed by atoms with E-state index < -0.39 is 40.6 Å². The first-order valence-electron chi connectivity index (χ1n) is 5.45. The van der Waals surface area contributed by atoms with E-state index in [1.807, 2.05) is 4.98 Å². The summed E-state index contributed by atoms with van der Waals surface area (Å²) < 4.78 is 0. The molecule has 0 bridgehead atoms. The Labute approximate surface area is 111 Å². The van der Waals surface area contributed by atoms with E-state index in [9.17, 15) is 24.0 Å². The summed E-state index contributed by atoms with van der Waals surface area (Å²) in [7, 11) is 0. The fourth-order valence-electron chi connectivity index (χ4n) is 1.36. The fourth-order valence-corrected chi connectivity index (χ4v) is 1.36. The molecule has 0 saturated heterocycles. The molecule has 0 aliphatic carbocycles. The second-order valence-corrected chi connectivity index (χ2v) is 3.85. The zero-order valence-electron chi connectivity index (χ0n) is 10.1. The lowest BCUT2D eigenvalue weighted by Crippen LogP contribution is -2.43. The van der Waals surface area contributed by atoms with Gasteiger partial charge in [-0.1, -0.05) is 0 Å². The Bertz CT molecular complexity index is 646.